The molecule has 0 spiro atoms. The zero-order valence-electron chi connectivity index (χ0n) is 11.5. The fraction of sp³-hybridized carbons (Fsp3) is 0.615. The summed E-state index contributed by atoms with van der Waals surface area (Å²) in [5.41, 5.74) is 0.596. The van der Waals surface area contributed by atoms with Gasteiger partial charge in [-0.05, 0) is 5.41 Å². The Balaban J connectivity index is 2.15. The number of amides is 1. The third-order valence-corrected chi connectivity index (χ3v) is 3.13. The van der Waals surface area contributed by atoms with E-state index in [1.54, 1.807) is 4.90 Å². The van der Waals surface area contributed by atoms with Gasteiger partial charge < -0.3 is 14.6 Å². The van der Waals surface area contributed by atoms with Crippen molar-refractivity contribution in [3.05, 3.63) is 17.7 Å². The van der Waals surface area contributed by atoms with Crippen LogP contribution in [0.25, 0.3) is 0 Å². The quantitative estimate of drug-likeness (QED) is 0.876. The Bertz CT molecular complexity index is 514. The molecule has 1 aromatic heterocycles. The van der Waals surface area contributed by atoms with Crippen molar-refractivity contribution in [2.75, 3.05) is 6.54 Å². The summed E-state index contributed by atoms with van der Waals surface area (Å²) in [4.78, 5) is 28.8. The van der Waals surface area contributed by atoms with Crippen molar-refractivity contribution >= 4 is 11.9 Å². The van der Waals surface area contributed by atoms with Crippen LogP contribution >= 0.6 is 0 Å². The minimum Gasteiger partial charge on any atom is -0.476 e. The van der Waals surface area contributed by atoms with E-state index in [0.29, 0.717) is 31.7 Å². The lowest BCUT2D eigenvalue weighted by Gasteiger charge is -2.30. The van der Waals surface area contributed by atoms with Crippen molar-refractivity contribution in [3.8, 4) is 0 Å². The summed E-state index contributed by atoms with van der Waals surface area (Å²) in [5, 5.41) is 9.06. The molecular weight excluding hydrogens is 246 g/mol. The highest BCUT2D eigenvalue weighted by molar-refractivity contribution is 5.87. The van der Waals surface area contributed by atoms with Gasteiger partial charge in [0.2, 0.25) is 5.91 Å². The average molecular weight is 265 g/mol. The van der Waals surface area contributed by atoms with Crippen LogP contribution < -0.4 is 0 Å². The van der Waals surface area contributed by atoms with E-state index in [-0.39, 0.29) is 17.0 Å². The Morgan fingerprint density at radius 2 is 2.05 bits per heavy atom. The van der Waals surface area contributed by atoms with Gasteiger partial charge in [-0.3, -0.25) is 4.79 Å². The first-order chi connectivity index (χ1) is 8.78. The van der Waals surface area contributed by atoms with Gasteiger partial charge in [-0.2, -0.15) is 0 Å². The molecule has 0 atom stereocenters. The molecule has 1 amide bonds. The summed E-state index contributed by atoms with van der Waals surface area (Å²) < 4.78 is 1.81. The van der Waals surface area contributed by atoms with Gasteiger partial charge in [0.05, 0.1) is 18.6 Å². The molecule has 6 heteroatoms. The van der Waals surface area contributed by atoms with Gasteiger partial charge in [0.25, 0.3) is 0 Å². The monoisotopic (exact) mass is 265 g/mol. The number of imidazole rings is 1. The highest BCUT2D eigenvalue weighted by Crippen LogP contribution is 2.23. The lowest BCUT2D eigenvalue weighted by molar-refractivity contribution is -0.134. The maximum absolute atomic E-state index is 12.2. The second kappa shape index (κ2) is 4.68. The van der Waals surface area contributed by atoms with Crippen molar-refractivity contribution in [2.24, 2.45) is 5.41 Å². The Morgan fingerprint density at radius 1 is 1.37 bits per heavy atom. The largest absolute Gasteiger partial charge is 0.476 e. The van der Waals surface area contributed by atoms with E-state index in [1.165, 1.54) is 6.33 Å². The van der Waals surface area contributed by atoms with E-state index in [4.69, 9.17) is 5.11 Å². The molecule has 2 heterocycles. The minimum atomic E-state index is -1.04. The first-order valence-electron chi connectivity index (χ1n) is 6.33. The number of carboxylic acid groups (broad SMARTS) is 1. The molecule has 1 aliphatic heterocycles. The maximum Gasteiger partial charge on any atom is 0.356 e. The van der Waals surface area contributed by atoms with Crippen molar-refractivity contribution in [1.29, 1.82) is 0 Å². The molecule has 1 aliphatic rings. The number of hydrogen-bond donors (Lipinski definition) is 1. The highest BCUT2D eigenvalue weighted by atomic mass is 16.4. The van der Waals surface area contributed by atoms with Crippen LogP contribution in [-0.4, -0.2) is 38.0 Å². The van der Waals surface area contributed by atoms with Gasteiger partial charge in [0.1, 0.15) is 0 Å². The van der Waals surface area contributed by atoms with E-state index in [0.717, 1.165) is 0 Å². The number of carboxylic acids is 1. The van der Waals surface area contributed by atoms with Crippen molar-refractivity contribution in [3.63, 3.8) is 0 Å². The molecule has 0 aliphatic carbocycles. The molecule has 0 aromatic carbocycles. The number of hydrogen-bond acceptors (Lipinski definition) is 3. The SMILES string of the molecule is CC(C)(C)CC(=O)N1CCn2cnc(C(=O)O)c2C1. The van der Waals surface area contributed by atoms with Crippen molar-refractivity contribution < 1.29 is 14.7 Å². The number of aromatic carboxylic acids is 1. The van der Waals surface area contributed by atoms with Crippen LogP contribution in [0, 0.1) is 5.41 Å². The molecule has 0 radical (unpaired) electrons. The normalized spacial score (nSPS) is 15.2. The Hall–Kier alpha value is -1.85. The number of rotatable bonds is 2. The smallest absolute Gasteiger partial charge is 0.356 e. The molecule has 0 saturated heterocycles. The Morgan fingerprint density at radius 3 is 2.63 bits per heavy atom. The maximum atomic E-state index is 12.2. The molecule has 6 nitrogen and oxygen atoms in total. The summed E-state index contributed by atoms with van der Waals surface area (Å²) in [6.07, 6.45) is 1.99. The van der Waals surface area contributed by atoms with Crippen LogP contribution in [-0.2, 0) is 17.9 Å². The predicted octanol–water partition coefficient (Wildman–Crippen LogP) is 1.36. The van der Waals surface area contributed by atoms with Gasteiger partial charge in [-0.15, -0.1) is 0 Å². The molecule has 0 saturated carbocycles. The third kappa shape index (κ3) is 2.94. The van der Waals surface area contributed by atoms with Gasteiger partial charge in [0.15, 0.2) is 5.69 Å². The molecule has 0 fully saturated rings. The second-order valence-electron chi connectivity index (χ2n) is 6.09. The van der Waals surface area contributed by atoms with Crippen LogP contribution in [0.5, 0.6) is 0 Å². The average Bonchev–Trinajstić information content (AvgIpc) is 2.68. The fourth-order valence-electron chi connectivity index (χ4n) is 2.21. The van der Waals surface area contributed by atoms with Crippen LogP contribution in [0.1, 0.15) is 43.4 Å². The zero-order chi connectivity index (χ0) is 14.2. The summed E-state index contributed by atoms with van der Waals surface area (Å²) >= 11 is 0. The number of carbonyl (C=O) groups is 2. The molecule has 0 unspecified atom stereocenters. The summed E-state index contributed by atoms with van der Waals surface area (Å²) in [6.45, 7) is 7.59. The van der Waals surface area contributed by atoms with Gasteiger partial charge in [-0.25, -0.2) is 9.78 Å². The molecule has 0 bridgehead atoms. The van der Waals surface area contributed by atoms with E-state index in [2.05, 4.69) is 4.98 Å². The van der Waals surface area contributed by atoms with E-state index in [1.807, 2.05) is 25.3 Å². The molecule has 2 rings (SSSR count). The van der Waals surface area contributed by atoms with Crippen molar-refractivity contribution in [2.45, 2.75) is 40.3 Å². The van der Waals surface area contributed by atoms with E-state index >= 15 is 0 Å². The summed E-state index contributed by atoms with van der Waals surface area (Å²) in [6, 6.07) is 0. The minimum absolute atomic E-state index is 0.0493. The number of carbonyl (C=O) groups excluding carboxylic acids is 1. The van der Waals surface area contributed by atoms with E-state index < -0.39 is 5.97 Å². The van der Waals surface area contributed by atoms with Gasteiger partial charge >= 0.3 is 5.97 Å². The summed E-state index contributed by atoms with van der Waals surface area (Å²) in [7, 11) is 0. The standard InChI is InChI=1S/C13H19N3O3/c1-13(2,3)6-10(17)15-4-5-16-8-14-11(12(18)19)9(16)7-15/h8H,4-7H2,1-3H3,(H,18,19). The third-order valence-electron chi connectivity index (χ3n) is 3.13. The predicted molar refractivity (Wildman–Crippen MR) is 68.7 cm³/mol. The van der Waals surface area contributed by atoms with Gasteiger partial charge in [-0.1, -0.05) is 20.8 Å². The number of aromatic nitrogens is 2. The van der Waals surface area contributed by atoms with Crippen LogP contribution in [0.15, 0.2) is 6.33 Å². The topological polar surface area (TPSA) is 75.4 Å². The van der Waals surface area contributed by atoms with Gasteiger partial charge in [0, 0.05) is 19.5 Å². The number of nitrogens with zero attached hydrogens (tertiary/aromatic N) is 3. The van der Waals surface area contributed by atoms with Crippen LogP contribution in [0.2, 0.25) is 0 Å². The lowest BCUT2D eigenvalue weighted by Crippen LogP contribution is -2.39. The molecule has 1 N–H and O–H groups in total. The first-order valence-corrected chi connectivity index (χ1v) is 6.33. The van der Waals surface area contributed by atoms with Crippen LogP contribution in [0.3, 0.4) is 0 Å². The Kier molecular flexibility index (Phi) is 3.34. The van der Waals surface area contributed by atoms with Crippen LogP contribution in [0.4, 0.5) is 0 Å². The lowest BCUT2D eigenvalue weighted by atomic mass is 9.91. The molecular formula is C13H19N3O3. The molecule has 1 aromatic rings. The second-order valence-corrected chi connectivity index (χ2v) is 6.09. The number of fused-ring (bicyclic) bond motifs is 1. The first kappa shape index (κ1) is 13.6. The van der Waals surface area contributed by atoms with E-state index in [9.17, 15) is 9.59 Å². The highest BCUT2D eigenvalue weighted by Gasteiger charge is 2.28. The molecule has 104 valence electrons. The summed E-state index contributed by atoms with van der Waals surface area (Å²) in [5.74, 6) is -0.977. The fourth-order valence-corrected chi connectivity index (χ4v) is 2.21. The zero-order valence-corrected chi connectivity index (χ0v) is 11.5. The van der Waals surface area contributed by atoms with Crippen molar-refractivity contribution in [1.82, 2.24) is 14.5 Å². The Labute approximate surface area is 112 Å². The molecule has 19 heavy (non-hydrogen) atoms.